The van der Waals surface area contributed by atoms with Crippen LogP contribution in [0.5, 0.6) is 0 Å². The second-order valence-corrected chi connectivity index (χ2v) is 7.48. The molecule has 21 heavy (non-hydrogen) atoms. The highest BCUT2D eigenvalue weighted by Gasteiger charge is 2.18. The van der Waals surface area contributed by atoms with Gasteiger partial charge in [-0.15, -0.1) is 0 Å². The Bertz CT molecular complexity index is 410. The van der Waals surface area contributed by atoms with Crippen molar-refractivity contribution in [2.45, 2.75) is 65.0 Å². The smallest absolute Gasteiger partial charge is 0.0234 e. The number of nitrogens with zero attached hydrogens (tertiary/aromatic N) is 1. The summed E-state index contributed by atoms with van der Waals surface area (Å²) in [5.74, 6) is 0. The Hall–Kier alpha value is -0.860. The topological polar surface area (TPSA) is 15.3 Å². The summed E-state index contributed by atoms with van der Waals surface area (Å²) in [7, 11) is 0. The van der Waals surface area contributed by atoms with E-state index in [1.54, 1.807) is 0 Å². The van der Waals surface area contributed by atoms with Gasteiger partial charge in [-0.3, -0.25) is 4.90 Å². The minimum Gasteiger partial charge on any atom is -0.313 e. The van der Waals surface area contributed by atoms with Crippen LogP contribution in [0.15, 0.2) is 24.3 Å². The average Bonchev–Trinajstić information content (AvgIpc) is 2.91. The molecule has 0 radical (unpaired) electrons. The number of nitrogens with one attached hydrogen (secondary N) is 1. The first-order valence-corrected chi connectivity index (χ1v) is 8.54. The van der Waals surface area contributed by atoms with E-state index in [1.807, 2.05) is 0 Å². The van der Waals surface area contributed by atoms with Crippen molar-refractivity contribution in [2.75, 3.05) is 19.6 Å². The predicted molar refractivity (Wildman–Crippen MR) is 91.7 cm³/mol. The van der Waals surface area contributed by atoms with Crippen molar-refractivity contribution < 1.29 is 0 Å². The minimum absolute atomic E-state index is 0.245. The van der Waals surface area contributed by atoms with Gasteiger partial charge in [-0.1, -0.05) is 52.0 Å². The maximum atomic E-state index is 3.62. The van der Waals surface area contributed by atoms with Crippen molar-refractivity contribution in [3.63, 3.8) is 0 Å². The van der Waals surface area contributed by atoms with Crippen LogP contribution in [0.4, 0.5) is 0 Å². The normalized spacial score (nSPS) is 19.4. The fourth-order valence-corrected chi connectivity index (χ4v) is 3.14. The molecular weight excluding hydrogens is 256 g/mol. The molecule has 0 spiro atoms. The monoisotopic (exact) mass is 288 g/mol. The molecule has 1 aromatic rings. The number of rotatable bonds is 6. The summed E-state index contributed by atoms with van der Waals surface area (Å²) in [5.41, 5.74) is 3.11. The van der Waals surface area contributed by atoms with Gasteiger partial charge in [0.2, 0.25) is 0 Å². The third-order valence-corrected chi connectivity index (χ3v) is 4.41. The Morgan fingerprint density at radius 3 is 2.43 bits per heavy atom. The molecule has 1 atom stereocenters. The van der Waals surface area contributed by atoms with Gasteiger partial charge in [0.25, 0.3) is 0 Å². The number of hydrogen-bond donors (Lipinski definition) is 1. The Labute approximate surface area is 130 Å². The Morgan fingerprint density at radius 1 is 1.19 bits per heavy atom. The van der Waals surface area contributed by atoms with E-state index in [4.69, 9.17) is 0 Å². The van der Waals surface area contributed by atoms with Crippen LogP contribution in [0.2, 0.25) is 0 Å². The summed E-state index contributed by atoms with van der Waals surface area (Å²) >= 11 is 0. The van der Waals surface area contributed by atoms with E-state index < -0.39 is 0 Å². The molecule has 2 nitrogen and oxygen atoms in total. The second-order valence-electron chi connectivity index (χ2n) is 7.48. The van der Waals surface area contributed by atoms with Crippen LogP contribution in [-0.4, -0.2) is 30.6 Å². The van der Waals surface area contributed by atoms with E-state index in [2.05, 4.69) is 62.2 Å². The molecule has 0 aromatic heterocycles. The second kappa shape index (κ2) is 7.42. The minimum atomic E-state index is 0.245. The summed E-state index contributed by atoms with van der Waals surface area (Å²) in [5, 5.41) is 3.62. The molecule has 1 aromatic carbocycles. The van der Waals surface area contributed by atoms with Gasteiger partial charge in [-0.05, 0) is 48.9 Å². The zero-order valence-electron chi connectivity index (χ0n) is 14.3. The molecule has 1 aliphatic heterocycles. The van der Waals surface area contributed by atoms with Gasteiger partial charge in [-0.2, -0.15) is 0 Å². The van der Waals surface area contributed by atoms with Crippen LogP contribution in [0.1, 0.15) is 58.1 Å². The lowest BCUT2D eigenvalue weighted by Crippen LogP contribution is -2.37. The number of hydrogen-bond acceptors (Lipinski definition) is 2. The molecule has 118 valence electrons. The molecule has 1 saturated heterocycles. The van der Waals surface area contributed by atoms with E-state index in [0.29, 0.717) is 6.04 Å². The first kappa shape index (κ1) is 16.5. The van der Waals surface area contributed by atoms with E-state index in [0.717, 1.165) is 6.54 Å². The lowest BCUT2D eigenvalue weighted by atomic mass is 9.87. The number of benzene rings is 1. The highest BCUT2D eigenvalue weighted by Crippen LogP contribution is 2.22. The molecule has 1 aliphatic rings. The van der Waals surface area contributed by atoms with E-state index in [9.17, 15) is 0 Å². The highest BCUT2D eigenvalue weighted by atomic mass is 15.1. The third kappa shape index (κ3) is 5.12. The fourth-order valence-electron chi connectivity index (χ4n) is 3.14. The van der Waals surface area contributed by atoms with Crippen LogP contribution in [0.25, 0.3) is 0 Å². The summed E-state index contributed by atoms with van der Waals surface area (Å²) in [6.45, 7) is 13.8. The third-order valence-electron chi connectivity index (χ3n) is 4.41. The van der Waals surface area contributed by atoms with Gasteiger partial charge in [0.05, 0.1) is 0 Å². The van der Waals surface area contributed by atoms with E-state index in [-0.39, 0.29) is 5.41 Å². The maximum absolute atomic E-state index is 3.62. The lowest BCUT2D eigenvalue weighted by molar-refractivity contribution is 0.241. The molecular formula is C19H32N2. The van der Waals surface area contributed by atoms with E-state index >= 15 is 0 Å². The van der Waals surface area contributed by atoms with Crippen molar-refractivity contribution >= 4 is 0 Å². The molecule has 0 aliphatic carbocycles. The zero-order valence-corrected chi connectivity index (χ0v) is 14.3. The van der Waals surface area contributed by atoms with Crippen LogP contribution >= 0.6 is 0 Å². The summed E-state index contributed by atoms with van der Waals surface area (Å²) < 4.78 is 0. The van der Waals surface area contributed by atoms with Crippen molar-refractivity contribution in [3.05, 3.63) is 35.4 Å². The quantitative estimate of drug-likeness (QED) is 0.852. The fraction of sp³-hybridized carbons (Fsp3) is 0.684. The van der Waals surface area contributed by atoms with E-state index in [1.165, 1.54) is 50.0 Å². The Morgan fingerprint density at radius 2 is 1.90 bits per heavy atom. The van der Waals surface area contributed by atoms with Crippen molar-refractivity contribution in [3.8, 4) is 0 Å². The molecule has 1 fully saturated rings. The Balaban J connectivity index is 1.95. The summed E-state index contributed by atoms with van der Waals surface area (Å²) in [6.07, 6.45) is 3.90. The van der Waals surface area contributed by atoms with Gasteiger partial charge in [-0.25, -0.2) is 0 Å². The Kier molecular flexibility index (Phi) is 5.83. The zero-order chi connectivity index (χ0) is 15.3. The van der Waals surface area contributed by atoms with Crippen molar-refractivity contribution in [1.82, 2.24) is 10.2 Å². The SMILES string of the molecule is CCCN(Cc1ccc(C(C)(C)C)cc1)CC1CCCN1. The largest absolute Gasteiger partial charge is 0.313 e. The molecule has 1 unspecified atom stereocenters. The first-order chi connectivity index (χ1) is 9.99. The average molecular weight is 288 g/mol. The van der Waals surface area contributed by atoms with Crippen molar-refractivity contribution in [1.29, 1.82) is 0 Å². The maximum Gasteiger partial charge on any atom is 0.0234 e. The molecule has 2 heteroatoms. The first-order valence-electron chi connectivity index (χ1n) is 8.54. The molecule has 0 saturated carbocycles. The van der Waals surface area contributed by atoms with Crippen LogP contribution < -0.4 is 5.32 Å². The molecule has 1 N–H and O–H groups in total. The molecule has 1 heterocycles. The van der Waals surface area contributed by atoms with Gasteiger partial charge in [0.15, 0.2) is 0 Å². The van der Waals surface area contributed by atoms with Gasteiger partial charge >= 0.3 is 0 Å². The van der Waals surface area contributed by atoms with Crippen molar-refractivity contribution in [2.24, 2.45) is 0 Å². The summed E-state index contributed by atoms with van der Waals surface area (Å²) in [6, 6.07) is 9.92. The van der Waals surface area contributed by atoms with Gasteiger partial charge < -0.3 is 5.32 Å². The van der Waals surface area contributed by atoms with Crippen LogP contribution in [0.3, 0.4) is 0 Å². The lowest BCUT2D eigenvalue weighted by Gasteiger charge is -2.26. The van der Waals surface area contributed by atoms with Crippen LogP contribution in [0, 0.1) is 0 Å². The molecule has 0 amide bonds. The predicted octanol–water partition coefficient (Wildman–Crippen LogP) is 3.95. The van der Waals surface area contributed by atoms with Gasteiger partial charge in [0, 0.05) is 19.1 Å². The molecule has 0 bridgehead atoms. The standard InChI is InChI=1S/C19H32N2/c1-5-13-21(15-18-7-6-12-20-18)14-16-8-10-17(11-9-16)19(2,3)4/h8-11,18,20H,5-7,12-15H2,1-4H3. The molecule has 2 rings (SSSR count). The van der Waals surface area contributed by atoms with Crippen LogP contribution in [-0.2, 0) is 12.0 Å². The summed E-state index contributed by atoms with van der Waals surface area (Å²) in [4.78, 5) is 2.61. The highest BCUT2D eigenvalue weighted by molar-refractivity contribution is 5.27. The van der Waals surface area contributed by atoms with Gasteiger partial charge in [0.1, 0.15) is 0 Å².